The molecule has 2 aliphatic rings. The highest BCUT2D eigenvalue weighted by Crippen LogP contribution is 2.52. The predicted molar refractivity (Wildman–Crippen MR) is 150 cm³/mol. The number of amides is 1. The normalized spacial score (nSPS) is 20.2. The van der Waals surface area contributed by atoms with Crippen LogP contribution in [0.15, 0.2) is 22.7 Å². The van der Waals surface area contributed by atoms with Crippen LogP contribution in [-0.4, -0.2) is 29.2 Å². The van der Waals surface area contributed by atoms with Crippen LogP contribution in [0.1, 0.15) is 125 Å². The second-order valence-corrected chi connectivity index (χ2v) is 13.2. The molecule has 2 fully saturated rings. The Hall–Kier alpha value is -2.63. The Bertz CT molecular complexity index is 1130. The number of carbonyl (C=O) groups excluding carboxylic acids is 2. The summed E-state index contributed by atoms with van der Waals surface area (Å²) in [4.78, 5) is 25.9. The van der Waals surface area contributed by atoms with Gasteiger partial charge in [0.1, 0.15) is 17.1 Å². The summed E-state index contributed by atoms with van der Waals surface area (Å²) in [7, 11) is 0. The quantitative estimate of drug-likeness (QED) is 0.330. The molecule has 4 rings (SSSR count). The first-order chi connectivity index (χ1) is 17.9. The topological polar surface area (TPSA) is 81.4 Å². The van der Waals surface area contributed by atoms with E-state index in [0.717, 1.165) is 54.2 Å². The van der Waals surface area contributed by atoms with Gasteiger partial charge in [-0.25, -0.2) is 4.79 Å². The Morgan fingerprint density at radius 1 is 1.13 bits per heavy atom. The molecular weight excluding hydrogens is 476 g/mol. The smallest absolute Gasteiger partial charge is 0.407 e. The third-order valence-electron chi connectivity index (χ3n) is 7.82. The van der Waals surface area contributed by atoms with Gasteiger partial charge in [-0.3, -0.25) is 4.79 Å². The van der Waals surface area contributed by atoms with Crippen molar-refractivity contribution >= 4 is 11.9 Å². The van der Waals surface area contributed by atoms with Crippen LogP contribution in [0.2, 0.25) is 0 Å². The zero-order chi connectivity index (χ0) is 27.6. The van der Waals surface area contributed by atoms with E-state index in [4.69, 9.17) is 9.26 Å². The Labute approximate surface area is 228 Å². The summed E-state index contributed by atoms with van der Waals surface area (Å²) >= 11 is 0. The van der Waals surface area contributed by atoms with E-state index in [9.17, 15) is 9.59 Å². The van der Waals surface area contributed by atoms with Gasteiger partial charge in [-0.15, -0.1) is 0 Å². The highest BCUT2D eigenvalue weighted by molar-refractivity contribution is 5.82. The molecule has 1 amide bonds. The molecule has 0 spiro atoms. The van der Waals surface area contributed by atoms with Crippen LogP contribution in [0.25, 0.3) is 0 Å². The van der Waals surface area contributed by atoms with Crippen molar-refractivity contribution in [3.8, 4) is 0 Å². The number of alkyl carbamates (subject to hydrolysis) is 1. The highest BCUT2D eigenvalue weighted by Gasteiger charge is 2.41. The maximum atomic E-state index is 13.4. The number of nitrogens with zero attached hydrogens (tertiary/aromatic N) is 1. The number of aromatic nitrogens is 1. The first-order valence-corrected chi connectivity index (χ1v) is 14.4. The number of Topliss-reactive ketones (excluding diaryl/α,β-unsaturated/α-hetero) is 1. The summed E-state index contributed by atoms with van der Waals surface area (Å²) in [6.45, 7) is 14.5. The molecule has 2 aliphatic carbocycles. The van der Waals surface area contributed by atoms with Crippen molar-refractivity contribution in [2.75, 3.05) is 6.54 Å². The largest absolute Gasteiger partial charge is 0.444 e. The summed E-state index contributed by atoms with van der Waals surface area (Å²) < 4.78 is 11.5. The lowest BCUT2D eigenvalue weighted by Gasteiger charge is -2.35. The molecule has 1 aromatic carbocycles. The Kier molecular flexibility index (Phi) is 8.68. The number of ether oxygens (including phenoxy) is 1. The van der Waals surface area contributed by atoms with Gasteiger partial charge in [0.15, 0.2) is 0 Å². The van der Waals surface area contributed by atoms with Crippen LogP contribution < -0.4 is 5.32 Å². The lowest BCUT2D eigenvalue weighted by molar-refractivity contribution is -0.118. The molecule has 6 nitrogen and oxygen atoms in total. The number of aryl methyl sites for hydroxylation is 2. The van der Waals surface area contributed by atoms with Crippen molar-refractivity contribution in [3.05, 3.63) is 51.9 Å². The number of rotatable bonds is 11. The molecule has 1 heterocycles. The fourth-order valence-electron chi connectivity index (χ4n) is 5.89. The summed E-state index contributed by atoms with van der Waals surface area (Å²) in [5.74, 6) is 3.26. The lowest BCUT2D eigenvalue weighted by atomic mass is 9.69. The highest BCUT2D eigenvalue weighted by atomic mass is 16.6. The van der Waals surface area contributed by atoms with Gasteiger partial charge in [-0.1, -0.05) is 42.8 Å². The summed E-state index contributed by atoms with van der Waals surface area (Å²) in [6.07, 6.45) is 6.02. The van der Waals surface area contributed by atoms with Crippen LogP contribution in [0.3, 0.4) is 0 Å². The van der Waals surface area contributed by atoms with Gasteiger partial charge >= 0.3 is 6.09 Å². The Morgan fingerprint density at radius 3 is 2.45 bits per heavy atom. The summed E-state index contributed by atoms with van der Waals surface area (Å²) in [5.41, 5.74) is 4.86. The Balaban J connectivity index is 1.53. The van der Waals surface area contributed by atoms with E-state index in [2.05, 4.69) is 50.3 Å². The molecule has 38 heavy (non-hydrogen) atoms. The molecule has 0 unspecified atom stereocenters. The average Bonchev–Trinajstić information content (AvgIpc) is 3.52. The van der Waals surface area contributed by atoms with E-state index in [1.54, 1.807) is 0 Å². The minimum absolute atomic E-state index is 0.139. The van der Waals surface area contributed by atoms with Crippen molar-refractivity contribution in [3.63, 3.8) is 0 Å². The number of ketones is 1. The first kappa shape index (κ1) is 28.4. The number of carbonyl (C=O) groups is 2. The molecule has 208 valence electrons. The van der Waals surface area contributed by atoms with Gasteiger partial charge in [0.25, 0.3) is 0 Å². The maximum absolute atomic E-state index is 13.4. The fraction of sp³-hybridized carbons (Fsp3) is 0.656. The van der Waals surface area contributed by atoms with Crippen molar-refractivity contribution in [2.45, 2.75) is 117 Å². The molecular formula is C32H46N2O4. The standard InChI is InChI=1S/C32H46N2O4/c1-19(2)12-22-14-25(15-22)30-28(23-10-11-23)29(34-38-30)26(18-33-31(36)37-32(5,6)7)17-27(35)16-24-9-8-20(3)13-21(24)4/h8-9,13,19,22-23,25-26H,10-12,14-18H2,1-7H3,(H,33,36)/t22?,25?,26-/m1/s1. The van der Waals surface area contributed by atoms with Crippen molar-refractivity contribution in [2.24, 2.45) is 11.8 Å². The van der Waals surface area contributed by atoms with E-state index < -0.39 is 11.7 Å². The zero-order valence-electron chi connectivity index (χ0n) is 24.4. The van der Waals surface area contributed by atoms with Gasteiger partial charge < -0.3 is 14.6 Å². The molecule has 2 aromatic rings. The monoisotopic (exact) mass is 522 g/mol. The molecule has 1 atom stereocenters. The molecule has 6 heteroatoms. The third kappa shape index (κ3) is 7.48. The zero-order valence-corrected chi connectivity index (χ0v) is 24.4. The second kappa shape index (κ2) is 11.6. The van der Waals surface area contributed by atoms with Crippen LogP contribution >= 0.6 is 0 Å². The SMILES string of the molecule is Cc1ccc(CC(=O)C[C@H](CNC(=O)OC(C)(C)C)c2noc(C3CC(CC(C)C)C3)c2C2CC2)c(C)c1. The predicted octanol–water partition coefficient (Wildman–Crippen LogP) is 7.52. The van der Waals surface area contributed by atoms with Gasteiger partial charge in [0.05, 0.1) is 5.69 Å². The molecule has 2 saturated carbocycles. The molecule has 0 radical (unpaired) electrons. The van der Waals surface area contributed by atoms with Gasteiger partial charge in [0.2, 0.25) is 0 Å². The number of hydrogen-bond donors (Lipinski definition) is 1. The minimum atomic E-state index is -0.588. The van der Waals surface area contributed by atoms with Crippen LogP contribution in [0, 0.1) is 25.7 Å². The average molecular weight is 523 g/mol. The first-order valence-electron chi connectivity index (χ1n) is 14.4. The number of hydrogen-bond acceptors (Lipinski definition) is 5. The fourth-order valence-corrected chi connectivity index (χ4v) is 5.89. The molecule has 1 aromatic heterocycles. The maximum Gasteiger partial charge on any atom is 0.407 e. The van der Waals surface area contributed by atoms with E-state index in [1.165, 1.54) is 17.5 Å². The van der Waals surface area contributed by atoms with Gasteiger partial charge in [-0.2, -0.15) is 0 Å². The van der Waals surface area contributed by atoms with Crippen molar-refractivity contribution < 1.29 is 18.8 Å². The molecule has 0 bridgehead atoms. The summed E-state index contributed by atoms with van der Waals surface area (Å²) in [5, 5.41) is 7.50. The van der Waals surface area contributed by atoms with Gasteiger partial charge in [-0.05, 0) is 95.6 Å². The van der Waals surface area contributed by atoms with E-state index in [0.29, 0.717) is 37.1 Å². The van der Waals surface area contributed by atoms with Crippen LogP contribution in [0.5, 0.6) is 0 Å². The molecule has 1 N–H and O–H groups in total. The number of benzene rings is 1. The minimum Gasteiger partial charge on any atom is -0.444 e. The third-order valence-corrected chi connectivity index (χ3v) is 7.82. The van der Waals surface area contributed by atoms with E-state index in [1.807, 2.05) is 26.8 Å². The lowest BCUT2D eigenvalue weighted by Crippen LogP contribution is -2.35. The van der Waals surface area contributed by atoms with E-state index >= 15 is 0 Å². The Morgan fingerprint density at radius 2 is 1.84 bits per heavy atom. The molecule has 0 aliphatic heterocycles. The van der Waals surface area contributed by atoms with Gasteiger partial charge in [0, 0.05) is 36.8 Å². The van der Waals surface area contributed by atoms with Crippen molar-refractivity contribution in [1.82, 2.24) is 10.5 Å². The van der Waals surface area contributed by atoms with E-state index in [-0.39, 0.29) is 11.7 Å². The number of nitrogens with one attached hydrogen (secondary N) is 1. The molecule has 0 saturated heterocycles. The summed E-state index contributed by atoms with van der Waals surface area (Å²) in [6, 6.07) is 6.21. The van der Waals surface area contributed by atoms with Crippen LogP contribution in [0.4, 0.5) is 4.79 Å². The van der Waals surface area contributed by atoms with Crippen LogP contribution in [-0.2, 0) is 16.0 Å². The second-order valence-electron chi connectivity index (χ2n) is 13.2. The van der Waals surface area contributed by atoms with Crippen molar-refractivity contribution in [1.29, 1.82) is 0 Å².